The lowest BCUT2D eigenvalue weighted by atomic mass is 9.92. The van der Waals surface area contributed by atoms with Gasteiger partial charge in [0.05, 0.1) is 26.4 Å². The largest absolute Gasteiger partial charge is 0.497 e. The van der Waals surface area contributed by atoms with Crippen LogP contribution in [-0.4, -0.2) is 33.5 Å². The van der Waals surface area contributed by atoms with E-state index in [2.05, 4.69) is 25.2 Å². The van der Waals surface area contributed by atoms with Crippen molar-refractivity contribution in [1.29, 1.82) is 0 Å². The summed E-state index contributed by atoms with van der Waals surface area (Å²) in [5, 5.41) is 3.54. The standard InChI is InChI=1S/C16H25NO3/c1-5-17-15(16-11(2)8-9-20-16)13-7-6-12(18-3)10-14(13)19-4/h6-7,10-11,15-17H,5,8-9H2,1-4H3. The topological polar surface area (TPSA) is 39.7 Å². The van der Waals surface area contributed by atoms with Crippen molar-refractivity contribution in [2.24, 2.45) is 5.92 Å². The molecular formula is C16H25NO3. The summed E-state index contributed by atoms with van der Waals surface area (Å²) in [5.41, 5.74) is 1.13. The van der Waals surface area contributed by atoms with Crippen molar-refractivity contribution >= 4 is 0 Å². The predicted molar refractivity (Wildman–Crippen MR) is 79.5 cm³/mol. The summed E-state index contributed by atoms with van der Waals surface area (Å²) in [5.74, 6) is 2.20. The molecule has 3 atom stereocenters. The Morgan fingerprint density at radius 2 is 2.15 bits per heavy atom. The normalized spacial score (nSPS) is 23.6. The summed E-state index contributed by atoms with van der Waals surface area (Å²) in [4.78, 5) is 0. The van der Waals surface area contributed by atoms with Crippen LogP contribution in [0.2, 0.25) is 0 Å². The number of ether oxygens (including phenoxy) is 3. The van der Waals surface area contributed by atoms with Gasteiger partial charge in [-0.1, -0.05) is 13.8 Å². The molecule has 20 heavy (non-hydrogen) atoms. The van der Waals surface area contributed by atoms with Gasteiger partial charge in [0.25, 0.3) is 0 Å². The molecule has 112 valence electrons. The number of benzene rings is 1. The van der Waals surface area contributed by atoms with E-state index in [0.29, 0.717) is 5.92 Å². The number of nitrogens with one attached hydrogen (secondary N) is 1. The molecule has 1 aromatic carbocycles. The first-order chi connectivity index (χ1) is 9.71. The second kappa shape index (κ2) is 6.95. The van der Waals surface area contributed by atoms with Crippen molar-refractivity contribution in [1.82, 2.24) is 5.32 Å². The van der Waals surface area contributed by atoms with Crippen molar-refractivity contribution < 1.29 is 14.2 Å². The molecule has 1 aromatic rings. The van der Waals surface area contributed by atoms with Crippen LogP contribution in [0.15, 0.2) is 18.2 Å². The second-order valence-corrected chi connectivity index (χ2v) is 5.24. The fourth-order valence-corrected chi connectivity index (χ4v) is 2.84. The molecule has 1 aliphatic rings. The molecule has 1 heterocycles. The lowest BCUT2D eigenvalue weighted by molar-refractivity contribution is 0.0604. The van der Waals surface area contributed by atoms with E-state index in [9.17, 15) is 0 Å². The molecule has 1 aliphatic heterocycles. The van der Waals surface area contributed by atoms with E-state index in [4.69, 9.17) is 14.2 Å². The molecule has 1 saturated heterocycles. The Morgan fingerprint density at radius 1 is 1.35 bits per heavy atom. The van der Waals surface area contributed by atoms with Gasteiger partial charge in [0.2, 0.25) is 0 Å². The Kier molecular flexibility index (Phi) is 5.26. The van der Waals surface area contributed by atoms with Gasteiger partial charge < -0.3 is 19.5 Å². The molecule has 0 bridgehead atoms. The van der Waals surface area contributed by atoms with Gasteiger partial charge in [0.1, 0.15) is 11.5 Å². The van der Waals surface area contributed by atoms with Crippen molar-refractivity contribution in [2.45, 2.75) is 32.4 Å². The molecule has 1 fully saturated rings. The molecule has 4 heteroatoms. The molecule has 2 rings (SSSR count). The number of methoxy groups -OCH3 is 2. The van der Waals surface area contributed by atoms with E-state index < -0.39 is 0 Å². The van der Waals surface area contributed by atoms with Crippen LogP contribution in [0.4, 0.5) is 0 Å². The van der Waals surface area contributed by atoms with Gasteiger partial charge in [0.15, 0.2) is 0 Å². The Bertz CT molecular complexity index is 436. The first kappa shape index (κ1) is 15.1. The van der Waals surface area contributed by atoms with Crippen LogP contribution in [0, 0.1) is 5.92 Å². The number of hydrogen-bond donors (Lipinski definition) is 1. The monoisotopic (exact) mass is 279 g/mol. The number of rotatable bonds is 6. The zero-order chi connectivity index (χ0) is 14.5. The minimum absolute atomic E-state index is 0.151. The molecule has 0 aliphatic carbocycles. The van der Waals surface area contributed by atoms with Crippen LogP contribution in [0.1, 0.15) is 31.9 Å². The smallest absolute Gasteiger partial charge is 0.127 e. The first-order valence-corrected chi connectivity index (χ1v) is 7.28. The summed E-state index contributed by atoms with van der Waals surface area (Å²) in [7, 11) is 3.36. The van der Waals surface area contributed by atoms with Gasteiger partial charge in [-0.05, 0) is 31.0 Å². The van der Waals surface area contributed by atoms with Crippen molar-refractivity contribution in [2.75, 3.05) is 27.4 Å². The molecule has 4 nitrogen and oxygen atoms in total. The quantitative estimate of drug-likeness (QED) is 0.869. The summed E-state index contributed by atoms with van der Waals surface area (Å²) in [6.45, 7) is 6.10. The van der Waals surface area contributed by atoms with E-state index in [1.807, 2.05) is 12.1 Å². The second-order valence-electron chi connectivity index (χ2n) is 5.24. The SMILES string of the molecule is CCNC(c1ccc(OC)cc1OC)C1OCCC1C. The van der Waals surface area contributed by atoms with Crippen LogP contribution < -0.4 is 14.8 Å². The average molecular weight is 279 g/mol. The molecule has 0 aromatic heterocycles. The fraction of sp³-hybridized carbons (Fsp3) is 0.625. The summed E-state index contributed by atoms with van der Waals surface area (Å²) >= 11 is 0. The third-order valence-electron chi connectivity index (χ3n) is 3.97. The highest BCUT2D eigenvalue weighted by molar-refractivity contribution is 5.43. The van der Waals surface area contributed by atoms with Crippen LogP contribution in [0.3, 0.4) is 0 Å². The van der Waals surface area contributed by atoms with Crippen molar-refractivity contribution in [3.8, 4) is 11.5 Å². The van der Waals surface area contributed by atoms with Gasteiger partial charge in [-0.3, -0.25) is 0 Å². The Labute approximate surface area is 121 Å². The molecule has 3 unspecified atom stereocenters. The average Bonchev–Trinajstić information content (AvgIpc) is 2.90. The van der Waals surface area contributed by atoms with E-state index in [0.717, 1.165) is 36.6 Å². The third-order valence-corrected chi connectivity index (χ3v) is 3.97. The van der Waals surface area contributed by atoms with Crippen LogP contribution in [-0.2, 0) is 4.74 Å². The molecule has 0 saturated carbocycles. The van der Waals surface area contributed by atoms with Gasteiger partial charge in [-0.25, -0.2) is 0 Å². The summed E-state index contributed by atoms with van der Waals surface area (Å²) in [6, 6.07) is 6.12. The maximum absolute atomic E-state index is 5.94. The Morgan fingerprint density at radius 3 is 2.70 bits per heavy atom. The zero-order valence-corrected chi connectivity index (χ0v) is 12.8. The maximum Gasteiger partial charge on any atom is 0.127 e. The number of likely N-dealkylation sites (N-methyl/N-ethyl adjacent to an activating group) is 1. The molecule has 0 spiro atoms. The molecular weight excluding hydrogens is 254 g/mol. The van der Waals surface area contributed by atoms with Crippen LogP contribution in [0.25, 0.3) is 0 Å². The van der Waals surface area contributed by atoms with Crippen LogP contribution in [0.5, 0.6) is 11.5 Å². The van der Waals surface area contributed by atoms with Gasteiger partial charge in [-0.2, -0.15) is 0 Å². The zero-order valence-electron chi connectivity index (χ0n) is 12.8. The lowest BCUT2D eigenvalue weighted by Crippen LogP contribution is -2.35. The Hall–Kier alpha value is -1.26. The lowest BCUT2D eigenvalue weighted by Gasteiger charge is -2.28. The fourth-order valence-electron chi connectivity index (χ4n) is 2.84. The minimum atomic E-state index is 0.151. The van der Waals surface area contributed by atoms with E-state index in [1.54, 1.807) is 14.2 Å². The van der Waals surface area contributed by atoms with Crippen molar-refractivity contribution in [3.63, 3.8) is 0 Å². The summed E-state index contributed by atoms with van der Waals surface area (Å²) in [6.07, 6.45) is 1.31. The minimum Gasteiger partial charge on any atom is -0.497 e. The molecule has 0 amide bonds. The maximum atomic E-state index is 5.94. The highest BCUT2D eigenvalue weighted by atomic mass is 16.5. The highest BCUT2D eigenvalue weighted by Gasteiger charge is 2.34. The van der Waals surface area contributed by atoms with E-state index in [-0.39, 0.29) is 12.1 Å². The van der Waals surface area contributed by atoms with Gasteiger partial charge in [0, 0.05) is 18.2 Å². The molecule has 1 N–H and O–H groups in total. The first-order valence-electron chi connectivity index (χ1n) is 7.28. The van der Waals surface area contributed by atoms with E-state index in [1.165, 1.54) is 0 Å². The van der Waals surface area contributed by atoms with Crippen molar-refractivity contribution in [3.05, 3.63) is 23.8 Å². The number of hydrogen-bond acceptors (Lipinski definition) is 4. The third kappa shape index (κ3) is 3.07. The Balaban J connectivity index is 2.33. The molecule has 0 radical (unpaired) electrons. The van der Waals surface area contributed by atoms with E-state index >= 15 is 0 Å². The van der Waals surface area contributed by atoms with Crippen LogP contribution >= 0.6 is 0 Å². The predicted octanol–water partition coefficient (Wildman–Crippen LogP) is 2.78. The summed E-state index contributed by atoms with van der Waals surface area (Å²) < 4.78 is 16.7. The van der Waals surface area contributed by atoms with Gasteiger partial charge >= 0.3 is 0 Å². The van der Waals surface area contributed by atoms with Gasteiger partial charge in [-0.15, -0.1) is 0 Å². The highest BCUT2D eigenvalue weighted by Crippen LogP contribution is 2.37.